The molecule has 0 unspecified atom stereocenters. The van der Waals surface area contributed by atoms with E-state index in [-0.39, 0.29) is 23.3 Å². The molecule has 1 saturated heterocycles. The van der Waals surface area contributed by atoms with Crippen LogP contribution in [0.2, 0.25) is 0 Å². The maximum absolute atomic E-state index is 13.5. The SMILES string of the molecule is O=C(Nc1ccccc1OC(F)F)N1CCCC[C@H]1c1ncc(-c2cccc(F)c2)[nH]1. The van der Waals surface area contributed by atoms with Crippen LogP contribution in [0.15, 0.2) is 54.7 Å². The lowest BCUT2D eigenvalue weighted by Gasteiger charge is -2.34. The highest BCUT2D eigenvalue weighted by atomic mass is 19.3. The molecule has 1 atom stereocenters. The number of benzene rings is 2. The molecular weight excluding hydrogens is 409 g/mol. The van der Waals surface area contributed by atoms with Gasteiger partial charge in [-0.3, -0.25) is 0 Å². The molecule has 1 aromatic heterocycles. The molecule has 0 radical (unpaired) electrons. The summed E-state index contributed by atoms with van der Waals surface area (Å²) < 4.78 is 43.4. The number of rotatable bonds is 5. The number of H-pyrrole nitrogens is 1. The minimum atomic E-state index is -3.00. The Balaban J connectivity index is 1.54. The number of ether oxygens (including phenoxy) is 1. The van der Waals surface area contributed by atoms with E-state index < -0.39 is 12.6 Å². The number of para-hydroxylation sites is 2. The van der Waals surface area contributed by atoms with Gasteiger partial charge in [0, 0.05) is 12.1 Å². The number of anilines is 1. The molecule has 6 nitrogen and oxygen atoms in total. The van der Waals surface area contributed by atoms with Gasteiger partial charge < -0.3 is 19.9 Å². The van der Waals surface area contributed by atoms with E-state index in [0.717, 1.165) is 12.8 Å². The minimum Gasteiger partial charge on any atom is -0.433 e. The third-order valence-electron chi connectivity index (χ3n) is 5.16. The number of carbonyl (C=O) groups is 1. The van der Waals surface area contributed by atoms with Crippen LogP contribution in [-0.4, -0.2) is 34.1 Å². The Labute approximate surface area is 177 Å². The highest BCUT2D eigenvalue weighted by Crippen LogP contribution is 2.32. The van der Waals surface area contributed by atoms with E-state index in [2.05, 4.69) is 20.0 Å². The van der Waals surface area contributed by atoms with E-state index >= 15 is 0 Å². The monoisotopic (exact) mass is 430 g/mol. The molecule has 0 saturated carbocycles. The van der Waals surface area contributed by atoms with Gasteiger partial charge in [0.2, 0.25) is 0 Å². The number of alkyl halides is 2. The third-order valence-corrected chi connectivity index (χ3v) is 5.16. The largest absolute Gasteiger partial charge is 0.433 e. The van der Waals surface area contributed by atoms with Gasteiger partial charge in [-0.15, -0.1) is 0 Å². The number of carbonyl (C=O) groups excluding carboxylic acids is 1. The Hall–Kier alpha value is -3.49. The van der Waals surface area contributed by atoms with E-state index in [1.807, 2.05) is 0 Å². The first kappa shape index (κ1) is 20.8. The molecule has 1 aliphatic heterocycles. The summed E-state index contributed by atoms with van der Waals surface area (Å²) in [7, 11) is 0. The Morgan fingerprint density at radius 2 is 2.03 bits per heavy atom. The van der Waals surface area contributed by atoms with E-state index in [1.165, 1.54) is 24.3 Å². The summed E-state index contributed by atoms with van der Waals surface area (Å²) >= 11 is 0. The molecule has 31 heavy (non-hydrogen) atoms. The molecular formula is C22H21F3N4O2. The van der Waals surface area contributed by atoms with Crippen LogP contribution in [0, 0.1) is 5.82 Å². The van der Waals surface area contributed by atoms with Crippen molar-refractivity contribution in [2.45, 2.75) is 31.9 Å². The lowest BCUT2D eigenvalue weighted by atomic mass is 10.0. The van der Waals surface area contributed by atoms with Gasteiger partial charge in [-0.1, -0.05) is 24.3 Å². The maximum Gasteiger partial charge on any atom is 0.387 e. The second-order valence-corrected chi connectivity index (χ2v) is 7.20. The number of hydrogen-bond donors (Lipinski definition) is 2. The molecule has 2 N–H and O–H groups in total. The number of halogens is 3. The number of amides is 2. The Morgan fingerprint density at radius 3 is 2.84 bits per heavy atom. The van der Waals surface area contributed by atoms with Gasteiger partial charge in [0.15, 0.2) is 0 Å². The van der Waals surface area contributed by atoms with E-state index in [1.54, 1.807) is 35.4 Å². The van der Waals surface area contributed by atoms with Gasteiger partial charge in [-0.05, 0) is 43.5 Å². The number of piperidine rings is 1. The van der Waals surface area contributed by atoms with Crippen molar-refractivity contribution in [2.75, 3.05) is 11.9 Å². The molecule has 0 aliphatic carbocycles. The predicted molar refractivity (Wildman–Crippen MR) is 109 cm³/mol. The van der Waals surface area contributed by atoms with Crippen LogP contribution in [0.1, 0.15) is 31.1 Å². The van der Waals surface area contributed by atoms with Gasteiger partial charge >= 0.3 is 12.6 Å². The van der Waals surface area contributed by atoms with Crippen LogP contribution in [0.4, 0.5) is 23.7 Å². The Kier molecular flexibility index (Phi) is 6.11. The van der Waals surface area contributed by atoms with Gasteiger partial charge in [-0.2, -0.15) is 8.78 Å². The molecule has 3 aromatic rings. The molecule has 9 heteroatoms. The quantitative estimate of drug-likeness (QED) is 0.556. The number of nitrogens with zero attached hydrogens (tertiary/aromatic N) is 2. The van der Waals surface area contributed by atoms with Crippen molar-refractivity contribution in [1.82, 2.24) is 14.9 Å². The first-order valence-corrected chi connectivity index (χ1v) is 9.93. The van der Waals surface area contributed by atoms with Crippen molar-refractivity contribution >= 4 is 11.7 Å². The van der Waals surface area contributed by atoms with Crippen LogP contribution in [-0.2, 0) is 0 Å². The Bertz CT molecular complexity index is 1060. The number of likely N-dealkylation sites (tertiary alicyclic amines) is 1. The third kappa shape index (κ3) is 4.82. The maximum atomic E-state index is 13.5. The average Bonchev–Trinajstić information content (AvgIpc) is 3.25. The van der Waals surface area contributed by atoms with E-state index in [0.29, 0.717) is 30.0 Å². The molecule has 2 amide bonds. The predicted octanol–water partition coefficient (Wildman–Crippen LogP) is 5.58. The summed E-state index contributed by atoms with van der Waals surface area (Å²) in [6.45, 7) is -2.50. The summed E-state index contributed by atoms with van der Waals surface area (Å²) in [4.78, 5) is 22.2. The number of aromatic amines is 1. The summed E-state index contributed by atoms with van der Waals surface area (Å²) in [6.07, 6.45) is 4.03. The Morgan fingerprint density at radius 1 is 1.19 bits per heavy atom. The number of nitrogens with one attached hydrogen (secondary N) is 2. The summed E-state index contributed by atoms with van der Waals surface area (Å²) in [6, 6.07) is 11.4. The fourth-order valence-electron chi connectivity index (χ4n) is 3.72. The number of hydrogen-bond acceptors (Lipinski definition) is 3. The number of urea groups is 1. The standard InChI is InChI=1S/C22H21F3N4O2/c23-15-7-5-6-14(12-15)17-13-26-20(27-17)18-9-3-4-11-29(18)22(30)28-16-8-1-2-10-19(16)31-21(24)25/h1-2,5-8,10,12-13,18,21H,3-4,9,11H2,(H,26,27)(H,28,30)/t18-/m0/s1. The first-order valence-electron chi connectivity index (χ1n) is 9.93. The van der Waals surface area contributed by atoms with Crippen LogP contribution in [0.5, 0.6) is 5.75 Å². The zero-order valence-corrected chi connectivity index (χ0v) is 16.5. The first-order chi connectivity index (χ1) is 15.0. The van der Waals surface area contributed by atoms with Crippen molar-refractivity contribution in [3.05, 3.63) is 66.4 Å². The molecule has 2 aromatic carbocycles. The normalized spacial score (nSPS) is 16.4. The van der Waals surface area contributed by atoms with Gasteiger partial charge in [0.1, 0.15) is 17.4 Å². The fraction of sp³-hybridized carbons (Fsp3) is 0.273. The topological polar surface area (TPSA) is 70.2 Å². The van der Waals surface area contributed by atoms with E-state index in [4.69, 9.17) is 0 Å². The van der Waals surface area contributed by atoms with Crippen molar-refractivity contribution in [3.8, 4) is 17.0 Å². The molecule has 0 bridgehead atoms. The molecule has 0 spiro atoms. The summed E-state index contributed by atoms with van der Waals surface area (Å²) in [5, 5.41) is 2.67. The van der Waals surface area contributed by atoms with Gasteiger partial charge in [0.25, 0.3) is 0 Å². The van der Waals surface area contributed by atoms with E-state index in [9.17, 15) is 18.0 Å². The zero-order valence-electron chi connectivity index (χ0n) is 16.5. The molecule has 162 valence electrons. The van der Waals surface area contributed by atoms with Crippen molar-refractivity contribution < 1.29 is 22.7 Å². The highest BCUT2D eigenvalue weighted by molar-refractivity contribution is 5.91. The van der Waals surface area contributed by atoms with Crippen molar-refractivity contribution in [1.29, 1.82) is 0 Å². The van der Waals surface area contributed by atoms with Gasteiger partial charge in [-0.25, -0.2) is 14.2 Å². The van der Waals surface area contributed by atoms with Crippen LogP contribution in [0.3, 0.4) is 0 Å². The smallest absolute Gasteiger partial charge is 0.387 e. The minimum absolute atomic E-state index is 0.106. The van der Waals surface area contributed by atoms with Crippen molar-refractivity contribution in [3.63, 3.8) is 0 Å². The number of imidazole rings is 1. The molecule has 4 rings (SSSR count). The highest BCUT2D eigenvalue weighted by Gasteiger charge is 2.30. The average molecular weight is 430 g/mol. The summed E-state index contributed by atoms with van der Waals surface area (Å²) in [5.41, 5.74) is 1.47. The van der Waals surface area contributed by atoms with Gasteiger partial charge in [0.05, 0.1) is 23.6 Å². The fourth-order valence-corrected chi connectivity index (χ4v) is 3.72. The zero-order chi connectivity index (χ0) is 21.8. The van der Waals surface area contributed by atoms with Crippen LogP contribution in [0.25, 0.3) is 11.3 Å². The van der Waals surface area contributed by atoms with Crippen molar-refractivity contribution in [2.24, 2.45) is 0 Å². The second kappa shape index (κ2) is 9.11. The molecule has 1 fully saturated rings. The summed E-state index contributed by atoms with van der Waals surface area (Å²) in [5.74, 6) is 0.133. The molecule has 2 heterocycles. The number of aromatic nitrogens is 2. The van der Waals surface area contributed by atoms with Crippen LogP contribution >= 0.6 is 0 Å². The van der Waals surface area contributed by atoms with Crippen LogP contribution < -0.4 is 10.1 Å². The lowest BCUT2D eigenvalue weighted by Crippen LogP contribution is -2.41. The lowest BCUT2D eigenvalue weighted by molar-refractivity contribution is -0.0493. The molecule has 1 aliphatic rings. The second-order valence-electron chi connectivity index (χ2n) is 7.20.